The Morgan fingerprint density at radius 1 is 1.17 bits per heavy atom. The second-order valence-electron chi connectivity index (χ2n) is 7.09. The predicted octanol–water partition coefficient (Wildman–Crippen LogP) is 1.93. The predicted molar refractivity (Wildman–Crippen MR) is 107 cm³/mol. The average Bonchev–Trinajstić information content (AvgIpc) is 2.75. The number of esters is 1. The van der Waals surface area contributed by atoms with Crippen molar-refractivity contribution in [2.45, 2.75) is 37.2 Å². The van der Waals surface area contributed by atoms with E-state index in [1.54, 1.807) is 0 Å². The number of ether oxygens (including phenoxy) is 2. The maximum Gasteiger partial charge on any atom is 0.310 e. The number of amides is 1. The van der Waals surface area contributed by atoms with Gasteiger partial charge in [-0.25, -0.2) is 8.42 Å². The molecule has 1 saturated heterocycles. The molecule has 29 heavy (non-hydrogen) atoms. The van der Waals surface area contributed by atoms with Crippen molar-refractivity contribution in [1.82, 2.24) is 4.31 Å². The van der Waals surface area contributed by atoms with E-state index in [0.29, 0.717) is 38.4 Å². The third-order valence-corrected chi connectivity index (χ3v) is 6.91. The zero-order valence-corrected chi connectivity index (χ0v) is 17.2. The van der Waals surface area contributed by atoms with E-state index in [4.69, 9.17) is 9.47 Å². The summed E-state index contributed by atoms with van der Waals surface area (Å²) >= 11 is 0. The van der Waals surface area contributed by atoms with Crippen molar-refractivity contribution in [2.75, 3.05) is 31.6 Å². The second-order valence-corrected chi connectivity index (χ2v) is 9.03. The standard InChI is InChI=1S/C20H26N2O6S/c1-15(28-20(24)16-5-3-2-4-6-16)19(23)21-17-7-9-18(10-8-17)29(25,26)22-11-13-27-14-12-22/h2-3,7-10,15-16H,4-6,11-14H2,1H3,(H,21,23)/t15-,16-/m0/s1. The molecule has 2 atom stereocenters. The van der Waals surface area contributed by atoms with Crippen LogP contribution in [0.1, 0.15) is 26.2 Å². The Hall–Kier alpha value is -2.23. The van der Waals surface area contributed by atoms with Crippen molar-refractivity contribution in [1.29, 1.82) is 0 Å². The lowest BCUT2D eigenvalue weighted by Gasteiger charge is -2.26. The second kappa shape index (κ2) is 9.51. The minimum absolute atomic E-state index is 0.155. The highest BCUT2D eigenvalue weighted by atomic mass is 32.2. The number of benzene rings is 1. The zero-order chi connectivity index (χ0) is 20.9. The molecule has 1 aromatic carbocycles. The molecule has 1 heterocycles. The summed E-state index contributed by atoms with van der Waals surface area (Å²) in [6, 6.07) is 5.94. The van der Waals surface area contributed by atoms with Crippen LogP contribution in [-0.4, -0.2) is 57.0 Å². The SMILES string of the molecule is C[C@H](OC(=O)[C@H]1CC=CCC1)C(=O)Nc1ccc(S(=O)(=O)N2CCOCC2)cc1. The van der Waals surface area contributed by atoms with Crippen LogP contribution in [0, 0.1) is 5.92 Å². The first-order chi connectivity index (χ1) is 13.9. The lowest BCUT2D eigenvalue weighted by Crippen LogP contribution is -2.40. The molecule has 0 unspecified atom stereocenters. The lowest BCUT2D eigenvalue weighted by atomic mass is 9.95. The number of carbonyl (C=O) groups excluding carboxylic acids is 2. The number of nitrogens with one attached hydrogen (secondary N) is 1. The third-order valence-electron chi connectivity index (χ3n) is 4.99. The number of nitrogens with zero attached hydrogens (tertiary/aromatic N) is 1. The number of allylic oxidation sites excluding steroid dienone is 2. The van der Waals surface area contributed by atoms with E-state index in [0.717, 1.165) is 12.8 Å². The Bertz CT molecular complexity index is 859. The molecule has 1 aliphatic heterocycles. The molecule has 0 aromatic heterocycles. The molecule has 1 fully saturated rings. The van der Waals surface area contributed by atoms with Crippen LogP contribution < -0.4 is 5.32 Å². The molecule has 158 valence electrons. The van der Waals surface area contributed by atoms with Crippen LogP contribution in [0.25, 0.3) is 0 Å². The highest BCUT2D eigenvalue weighted by molar-refractivity contribution is 7.89. The van der Waals surface area contributed by atoms with Crippen molar-refractivity contribution in [2.24, 2.45) is 5.92 Å². The van der Waals surface area contributed by atoms with Crippen molar-refractivity contribution in [3.63, 3.8) is 0 Å². The number of hydrogen-bond donors (Lipinski definition) is 1. The molecular formula is C20H26N2O6S. The van der Waals surface area contributed by atoms with Gasteiger partial charge in [0.2, 0.25) is 10.0 Å². The summed E-state index contributed by atoms with van der Waals surface area (Å²) in [5.74, 6) is -1.04. The van der Waals surface area contributed by atoms with Gasteiger partial charge in [0.05, 0.1) is 24.0 Å². The van der Waals surface area contributed by atoms with E-state index >= 15 is 0 Å². The van der Waals surface area contributed by atoms with Crippen LogP contribution in [0.2, 0.25) is 0 Å². The van der Waals surface area contributed by atoms with Gasteiger partial charge < -0.3 is 14.8 Å². The Morgan fingerprint density at radius 2 is 1.86 bits per heavy atom. The van der Waals surface area contributed by atoms with Crippen molar-refractivity contribution >= 4 is 27.6 Å². The van der Waals surface area contributed by atoms with Crippen molar-refractivity contribution in [3.8, 4) is 0 Å². The topological polar surface area (TPSA) is 102 Å². The number of hydrogen-bond acceptors (Lipinski definition) is 6. The highest BCUT2D eigenvalue weighted by Crippen LogP contribution is 2.21. The van der Waals surface area contributed by atoms with Gasteiger partial charge in [-0.2, -0.15) is 4.31 Å². The fraction of sp³-hybridized carbons (Fsp3) is 0.500. The third kappa shape index (κ3) is 5.43. The molecule has 0 spiro atoms. The van der Waals surface area contributed by atoms with Gasteiger partial charge in [0.1, 0.15) is 0 Å². The van der Waals surface area contributed by atoms with Gasteiger partial charge in [-0.3, -0.25) is 9.59 Å². The molecule has 1 aromatic rings. The highest BCUT2D eigenvalue weighted by Gasteiger charge is 2.27. The van der Waals surface area contributed by atoms with E-state index in [2.05, 4.69) is 5.32 Å². The normalized spacial score (nSPS) is 21.3. The van der Waals surface area contributed by atoms with Crippen molar-refractivity contribution in [3.05, 3.63) is 36.4 Å². The number of sulfonamides is 1. The summed E-state index contributed by atoms with van der Waals surface area (Å²) < 4.78 is 37.1. The molecule has 9 heteroatoms. The number of rotatable bonds is 6. The van der Waals surface area contributed by atoms with Crippen LogP contribution in [0.15, 0.2) is 41.3 Å². The molecule has 1 amide bonds. The summed E-state index contributed by atoms with van der Waals surface area (Å²) in [5.41, 5.74) is 0.430. The fourth-order valence-electron chi connectivity index (χ4n) is 3.22. The first kappa shape index (κ1) is 21.5. The summed E-state index contributed by atoms with van der Waals surface area (Å²) in [6.45, 7) is 2.91. The van der Waals surface area contributed by atoms with Gasteiger partial charge in [0, 0.05) is 18.8 Å². The Labute approximate surface area is 170 Å². The Balaban J connectivity index is 1.56. The molecule has 8 nitrogen and oxygen atoms in total. The fourth-order valence-corrected chi connectivity index (χ4v) is 4.63. The Kier molecular flexibility index (Phi) is 7.05. The maximum absolute atomic E-state index is 12.6. The lowest BCUT2D eigenvalue weighted by molar-refractivity contribution is -0.157. The molecule has 0 saturated carbocycles. The molecule has 0 radical (unpaired) electrons. The first-order valence-electron chi connectivity index (χ1n) is 9.72. The molecule has 0 bridgehead atoms. The largest absolute Gasteiger partial charge is 0.452 e. The number of anilines is 1. The van der Waals surface area contributed by atoms with Crippen LogP contribution in [0.4, 0.5) is 5.69 Å². The number of morpholine rings is 1. The number of carbonyl (C=O) groups is 2. The minimum atomic E-state index is -3.59. The average molecular weight is 423 g/mol. The van der Waals surface area contributed by atoms with Crippen molar-refractivity contribution < 1.29 is 27.5 Å². The maximum atomic E-state index is 12.6. The van der Waals surface area contributed by atoms with E-state index in [9.17, 15) is 18.0 Å². The van der Waals surface area contributed by atoms with Gasteiger partial charge in [0.25, 0.3) is 5.91 Å². The van der Waals surface area contributed by atoms with Gasteiger partial charge in [-0.1, -0.05) is 12.2 Å². The van der Waals surface area contributed by atoms with Gasteiger partial charge in [-0.05, 0) is 50.5 Å². The van der Waals surface area contributed by atoms with E-state index in [1.165, 1.54) is 35.5 Å². The molecule has 2 aliphatic rings. The molecular weight excluding hydrogens is 396 g/mol. The monoisotopic (exact) mass is 422 g/mol. The summed E-state index contributed by atoms with van der Waals surface area (Å²) in [7, 11) is -3.59. The van der Waals surface area contributed by atoms with Crippen LogP contribution >= 0.6 is 0 Å². The molecule has 3 rings (SSSR count). The van der Waals surface area contributed by atoms with Gasteiger partial charge >= 0.3 is 5.97 Å². The van der Waals surface area contributed by atoms with E-state index in [-0.39, 0.29) is 16.8 Å². The summed E-state index contributed by atoms with van der Waals surface area (Å²) in [5, 5.41) is 2.65. The first-order valence-corrected chi connectivity index (χ1v) is 11.2. The molecule has 1 aliphatic carbocycles. The summed E-state index contributed by atoms with van der Waals surface area (Å²) in [6.07, 6.45) is 5.23. The van der Waals surface area contributed by atoms with Crippen LogP contribution in [0.3, 0.4) is 0 Å². The van der Waals surface area contributed by atoms with Crippen LogP contribution in [0.5, 0.6) is 0 Å². The van der Waals surface area contributed by atoms with Crippen LogP contribution in [-0.2, 0) is 29.1 Å². The minimum Gasteiger partial charge on any atom is -0.452 e. The van der Waals surface area contributed by atoms with E-state index < -0.39 is 22.0 Å². The Morgan fingerprint density at radius 3 is 2.48 bits per heavy atom. The van der Waals surface area contributed by atoms with E-state index in [1.807, 2.05) is 12.2 Å². The smallest absolute Gasteiger partial charge is 0.310 e. The quantitative estimate of drug-likeness (QED) is 0.555. The zero-order valence-electron chi connectivity index (χ0n) is 16.4. The van der Waals surface area contributed by atoms with Gasteiger partial charge in [0.15, 0.2) is 6.10 Å². The van der Waals surface area contributed by atoms with Gasteiger partial charge in [-0.15, -0.1) is 0 Å². The molecule has 1 N–H and O–H groups in total. The summed E-state index contributed by atoms with van der Waals surface area (Å²) in [4.78, 5) is 24.6.